The van der Waals surface area contributed by atoms with Gasteiger partial charge in [0.2, 0.25) is 0 Å². The molecular weight excluding hydrogens is 326 g/mol. The zero-order valence-corrected chi connectivity index (χ0v) is 13.4. The van der Waals surface area contributed by atoms with Crippen LogP contribution in [0.15, 0.2) is 27.8 Å². The largest absolute Gasteiger partial charge is 0.504 e. The van der Waals surface area contributed by atoms with E-state index in [1.54, 1.807) is 18.2 Å². The molecule has 25 heavy (non-hydrogen) atoms. The number of rotatable bonds is 2. The number of hydrogen-bond donors (Lipinski definition) is 5. The first-order valence-electron chi connectivity index (χ1n) is 7.55. The molecule has 0 saturated carbocycles. The molecule has 0 saturated heterocycles. The molecule has 3 aromatic rings. The predicted molar refractivity (Wildman–Crippen MR) is 89.9 cm³/mol. The highest BCUT2D eigenvalue weighted by molar-refractivity contribution is 5.72. The van der Waals surface area contributed by atoms with Gasteiger partial charge in [0.25, 0.3) is 5.56 Å². The maximum absolute atomic E-state index is 12.5. The van der Waals surface area contributed by atoms with Gasteiger partial charge in [0.1, 0.15) is 5.82 Å². The summed E-state index contributed by atoms with van der Waals surface area (Å²) >= 11 is 0. The number of nitrogens with zero attached hydrogens (tertiary/aromatic N) is 1. The number of aromatic nitrogens is 4. The molecule has 128 valence electrons. The number of hydrogen-bond acceptors (Lipinski definition) is 6. The van der Waals surface area contributed by atoms with E-state index >= 15 is 0 Å². The van der Waals surface area contributed by atoms with Crippen molar-refractivity contribution in [2.45, 2.75) is 12.8 Å². The van der Waals surface area contributed by atoms with Crippen LogP contribution in [-0.4, -0.2) is 32.4 Å². The van der Waals surface area contributed by atoms with Crippen molar-refractivity contribution in [3.05, 3.63) is 61.4 Å². The number of para-hydroxylation sites is 1. The van der Waals surface area contributed by atoms with Gasteiger partial charge in [-0.25, -0.2) is 4.79 Å². The Balaban J connectivity index is 2.08. The number of benzene rings is 1. The number of methoxy groups -OCH3 is 1. The lowest BCUT2D eigenvalue weighted by molar-refractivity contribution is 0.370. The lowest BCUT2D eigenvalue weighted by Gasteiger charge is -2.26. The molecule has 0 spiro atoms. The van der Waals surface area contributed by atoms with Crippen molar-refractivity contribution < 1.29 is 9.84 Å². The lowest BCUT2D eigenvalue weighted by Crippen LogP contribution is -2.31. The van der Waals surface area contributed by atoms with Crippen LogP contribution in [0.2, 0.25) is 0 Å². The van der Waals surface area contributed by atoms with E-state index in [9.17, 15) is 14.7 Å². The Bertz CT molecular complexity index is 1090. The number of aromatic hydroxyl groups is 1. The highest BCUT2D eigenvalue weighted by Gasteiger charge is 2.35. The summed E-state index contributed by atoms with van der Waals surface area (Å²) in [6, 6.07) is 5.06. The third-order valence-corrected chi connectivity index (χ3v) is 4.36. The van der Waals surface area contributed by atoms with Crippen LogP contribution in [0.4, 0.5) is 11.6 Å². The van der Waals surface area contributed by atoms with E-state index in [-0.39, 0.29) is 11.6 Å². The molecule has 0 amide bonds. The van der Waals surface area contributed by atoms with Crippen LogP contribution in [0.25, 0.3) is 0 Å². The molecule has 0 radical (unpaired) electrons. The summed E-state index contributed by atoms with van der Waals surface area (Å²) in [7, 11) is 1.45. The number of aromatic amines is 3. The van der Waals surface area contributed by atoms with Gasteiger partial charge in [-0.15, -0.1) is 0 Å². The maximum Gasteiger partial charge on any atom is 0.327 e. The van der Waals surface area contributed by atoms with Crippen molar-refractivity contribution in [2.75, 3.05) is 12.4 Å². The van der Waals surface area contributed by atoms with Crippen molar-refractivity contribution in [1.29, 1.82) is 0 Å². The molecule has 3 heterocycles. The van der Waals surface area contributed by atoms with Crippen molar-refractivity contribution in [3.63, 3.8) is 0 Å². The van der Waals surface area contributed by atoms with Crippen LogP contribution in [0.5, 0.6) is 11.5 Å². The lowest BCUT2D eigenvalue weighted by atomic mass is 9.83. The molecule has 0 bridgehead atoms. The minimum Gasteiger partial charge on any atom is -0.504 e. The van der Waals surface area contributed by atoms with E-state index in [2.05, 4.69) is 25.5 Å². The molecular formula is C16H15N5O4. The fourth-order valence-electron chi connectivity index (χ4n) is 3.27. The standard InChI is InChI=1S/C16H15N5O4/c1-6-9-10(7-4-3-5-8(25-2)12(7)22)11-13(17-14(9)21-20-6)18-16(24)19-15(11)23/h3-5,10,22H,1-2H3,(H4,17,18,19,20,21,23,24). The summed E-state index contributed by atoms with van der Waals surface area (Å²) in [6.45, 7) is 1.82. The van der Waals surface area contributed by atoms with Crippen LogP contribution in [0.3, 0.4) is 0 Å². The number of H-pyrrole nitrogens is 3. The topological polar surface area (TPSA) is 136 Å². The van der Waals surface area contributed by atoms with E-state index in [1.807, 2.05) is 6.92 Å². The van der Waals surface area contributed by atoms with Gasteiger partial charge in [-0.1, -0.05) is 12.1 Å². The van der Waals surface area contributed by atoms with E-state index in [0.717, 1.165) is 5.69 Å². The Hall–Kier alpha value is -3.49. The van der Waals surface area contributed by atoms with Gasteiger partial charge in [0.15, 0.2) is 17.3 Å². The van der Waals surface area contributed by atoms with Crippen molar-refractivity contribution >= 4 is 11.6 Å². The van der Waals surface area contributed by atoms with Crippen molar-refractivity contribution in [2.24, 2.45) is 0 Å². The molecule has 1 atom stereocenters. The smallest absolute Gasteiger partial charge is 0.327 e. The molecule has 1 aliphatic heterocycles. The SMILES string of the molecule is COc1cccc(C2c3c(n[nH]c3C)Nc3[nH]c(=O)[nH]c(=O)c32)c1O. The molecule has 1 aliphatic rings. The van der Waals surface area contributed by atoms with Crippen LogP contribution >= 0.6 is 0 Å². The van der Waals surface area contributed by atoms with E-state index in [0.29, 0.717) is 28.3 Å². The second-order valence-electron chi connectivity index (χ2n) is 5.76. The second kappa shape index (κ2) is 5.26. The van der Waals surface area contributed by atoms with Gasteiger partial charge < -0.3 is 15.2 Å². The van der Waals surface area contributed by atoms with E-state index in [1.165, 1.54) is 7.11 Å². The van der Waals surface area contributed by atoms with Crippen LogP contribution in [-0.2, 0) is 0 Å². The van der Waals surface area contributed by atoms with Crippen molar-refractivity contribution in [3.8, 4) is 11.5 Å². The molecule has 5 N–H and O–H groups in total. The monoisotopic (exact) mass is 341 g/mol. The Labute approximate surface area is 140 Å². The third kappa shape index (κ3) is 2.12. The molecule has 1 unspecified atom stereocenters. The Morgan fingerprint density at radius 2 is 2.00 bits per heavy atom. The molecule has 9 heteroatoms. The molecule has 9 nitrogen and oxygen atoms in total. The van der Waals surface area contributed by atoms with Crippen LogP contribution < -0.4 is 21.3 Å². The Morgan fingerprint density at radius 3 is 2.76 bits per heavy atom. The molecule has 0 fully saturated rings. The summed E-state index contributed by atoms with van der Waals surface area (Å²) in [5.41, 5.74) is 1.07. The minimum atomic E-state index is -0.624. The number of ether oxygens (including phenoxy) is 1. The fraction of sp³-hybridized carbons (Fsp3) is 0.188. The molecule has 1 aromatic carbocycles. The van der Waals surface area contributed by atoms with E-state index in [4.69, 9.17) is 4.74 Å². The Morgan fingerprint density at radius 1 is 1.20 bits per heavy atom. The summed E-state index contributed by atoms with van der Waals surface area (Å²) in [4.78, 5) is 29.0. The van der Waals surface area contributed by atoms with Crippen LogP contribution in [0, 0.1) is 6.92 Å². The second-order valence-corrected chi connectivity index (χ2v) is 5.76. The number of phenolic OH excluding ortho intramolecular Hbond substituents is 1. The number of fused-ring (bicyclic) bond motifs is 2. The van der Waals surface area contributed by atoms with Gasteiger partial charge in [0, 0.05) is 16.8 Å². The zero-order valence-electron chi connectivity index (χ0n) is 13.4. The average Bonchev–Trinajstić information content (AvgIpc) is 2.94. The number of aryl methyl sites for hydroxylation is 1. The highest BCUT2D eigenvalue weighted by Crippen LogP contribution is 2.47. The number of anilines is 2. The summed E-state index contributed by atoms with van der Waals surface area (Å²) < 4.78 is 5.18. The highest BCUT2D eigenvalue weighted by atomic mass is 16.5. The Kier molecular flexibility index (Phi) is 3.17. The van der Waals surface area contributed by atoms with E-state index < -0.39 is 17.2 Å². The predicted octanol–water partition coefficient (Wildman–Crippen LogP) is 1.05. The first kappa shape index (κ1) is 15.1. The maximum atomic E-state index is 12.5. The van der Waals surface area contributed by atoms with Crippen LogP contribution in [0.1, 0.15) is 28.3 Å². The zero-order chi connectivity index (χ0) is 17.7. The molecule has 4 rings (SSSR count). The summed E-state index contributed by atoms with van der Waals surface area (Å²) in [5.74, 6) is 0.334. The first-order valence-corrected chi connectivity index (χ1v) is 7.55. The number of phenols is 1. The molecule has 0 aliphatic carbocycles. The van der Waals surface area contributed by atoms with Gasteiger partial charge in [-0.05, 0) is 13.0 Å². The normalized spacial score (nSPS) is 15.2. The number of nitrogens with one attached hydrogen (secondary N) is 4. The molecule has 2 aromatic heterocycles. The third-order valence-electron chi connectivity index (χ3n) is 4.36. The average molecular weight is 341 g/mol. The first-order chi connectivity index (χ1) is 12.0. The summed E-state index contributed by atoms with van der Waals surface area (Å²) in [6.07, 6.45) is 0. The van der Waals surface area contributed by atoms with Gasteiger partial charge in [-0.2, -0.15) is 5.10 Å². The van der Waals surface area contributed by atoms with Crippen molar-refractivity contribution in [1.82, 2.24) is 20.2 Å². The van der Waals surface area contributed by atoms with Gasteiger partial charge in [0.05, 0.1) is 18.6 Å². The minimum absolute atomic E-state index is 0.0694. The van der Waals surface area contributed by atoms with Gasteiger partial charge in [-0.3, -0.25) is 19.9 Å². The van der Waals surface area contributed by atoms with Gasteiger partial charge >= 0.3 is 5.69 Å². The summed E-state index contributed by atoms with van der Waals surface area (Å²) in [5, 5.41) is 20.6. The fourth-order valence-corrected chi connectivity index (χ4v) is 3.27. The quantitative estimate of drug-likeness (QED) is 0.370.